The van der Waals surface area contributed by atoms with Gasteiger partial charge < -0.3 is 4.74 Å². The van der Waals surface area contributed by atoms with Gasteiger partial charge in [0.05, 0.1) is 6.10 Å². The molecule has 0 rings (SSSR count). The van der Waals surface area contributed by atoms with E-state index in [2.05, 4.69) is 20.1 Å². The van der Waals surface area contributed by atoms with Crippen LogP contribution in [0.1, 0.15) is 64.7 Å². The third-order valence-corrected chi connectivity index (χ3v) is 2.96. The molecule has 1 heteroatoms. The van der Waals surface area contributed by atoms with Crippen LogP contribution in [-0.2, 0) is 4.74 Å². The van der Waals surface area contributed by atoms with Gasteiger partial charge in [-0.15, -0.1) is 13.2 Å². The average molecular weight is 238 g/mol. The standard InChI is InChI=1S/C16H30O/c1-4-7-8-9-10-11-12-15-17-16(13-5-2)14-6-3/h5-6,16H,2-4,7-15H2,1H3. The monoisotopic (exact) mass is 238 g/mol. The lowest BCUT2D eigenvalue weighted by Gasteiger charge is -2.14. The number of unbranched alkanes of at least 4 members (excludes halogenated alkanes) is 6. The molecule has 0 aliphatic rings. The SMILES string of the molecule is C=CCC(CC=C)OCCCCCCCCC. The summed E-state index contributed by atoms with van der Waals surface area (Å²) in [4.78, 5) is 0. The average Bonchev–Trinajstić information content (AvgIpc) is 2.33. The summed E-state index contributed by atoms with van der Waals surface area (Å²) < 4.78 is 5.81. The molecule has 0 fully saturated rings. The van der Waals surface area contributed by atoms with Crippen molar-refractivity contribution in [3.8, 4) is 0 Å². The summed E-state index contributed by atoms with van der Waals surface area (Å²) in [6.45, 7) is 10.7. The highest BCUT2D eigenvalue weighted by Gasteiger charge is 2.03. The maximum absolute atomic E-state index is 5.81. The topological polar surface area (TPSA) is 9.23 Å². The maximum atomic E-state index is 5.81. The molecule has 0 saturated heterocycles. The fourth-order valence-electron chi connectivity index (χ4n) is 1.91. The molecule has 1 nitrogen and oxygen atoms in total. The van der Waals surface area contributed by atoms with E-state index in [1.54, 1.807) is 0 Å². The molecule has 100 valence electrons. The Morgan fingerprint density at radius 3 is 1.94 bits per heavy atom. The molecule has 0 spiro atoms. The van der Waals surface area contributed by atoms with Crippen LogP contribution in [0.3, 0.4) is 0 Å². The minimum atomic E-state index is 0.296. The Bertz CT molecular complexity index is 164. The Balaban J connectivity index is 3.29. The third-order valence-electron chi connectivity index (χ3n) is 2.96. The highest BCUT2D eigenvalue weighted by atomic mass is 16.5. The Morgan fingerprint density at radius 2 is 1.41 bits per heavy atom. The number of hydrogen-bond donors (Lipinski definition) is 0. The van der Waals surface area contributed by atoms with E-state index in [1.165, 1.54) is 44.9 Å². The summed E-state index contributed by atoms with van der Waals surface area (Å²) in [6, 6.07) is 0. The Labute approximate surface area is 108 Å². The number of hydrogen-bond acceptors (Lipinski definition) is 1. The molecule has 17 heavy (non-hydrogen) atoms. The smallest absolute Gasteiger partial charge is 0.0643 e. The van der Waals surface area contributed by atoms with E-state index in [1.807, 2.05) is 12.2 Å². The van der Waals surface area contributed by atoms with Crippen LogP contribution in [-0.4, -0.2) is 12.7 Å². The molecule has 0 unspecified atom stereocenters. The summed E-state index contributed by atoms with van der Waals surface area (Å²) in [5.41, 5.74) is 0. The Hall–Kier alpha value is -0.560. The van der Waals surface area contributed by atoms with Gasteiger partial charge >= 0.3 is 0 Å². The van der Waals surface area contributed by atoms with Crippen molar-refractivity contribution in [2.45, 2.75) is 70.8 Å². The fourth-order valence-corrected chi connectivity index (χ4v) is 1.91. The molecule has 0 aromatic carbocycles. The quantitative estimate of drug-likeness (QED) is 0.313. The van der Waals surface area contributed by atoms with Crippen LogP contribution < -0.4 is 0 Å². The van der Waals surface area contributed by atoms with Crippen LogP contribution in [0.15, 0.2) is 25.3 Å². The van der Waals surface area contributed by atoms with Gasteiger partial charge in [-0.05, 0) is 19.3 Å². The van der Waals surface area contributed by atoms with E-state index < -0.39 is 0 Å². The highest BCUT2D eigenvalue weighted by molar-refractivity contribution is 4.80. The molecule has 0 saturated carbocycles. The van der Waals surface area contributed by atoms with Crippen molar-refractivity contribution in [3.05, 3.63) is 25.3 Å². The predicted octanol–water partition coefficient (Wildman–Crippen LogP) is 5.27. The van der Waals surface area contributed by atoms with Crippen LogP contribution in [0.4, 0.5) is 0 Å². The van der Waals surface area contributed by atoms with Gasteiger partial charge in [0.15, 0.2) is 0 Å². The van der Waals surface area contributed by atoms with E-state index in [-0.39, 0.29) is 0 Å². The van der Waals surface area contributed by atoms with Crippen molar-refractivity contribution in [2.75, 3.05) is 6.61 Å². The first-order valence-electron chi connectivity index (χ1n) is 7.18. The van der Waals surface area contributed by atoms with Crippen LogP contribution in [0.5, 0.6) is 0 Å². The lowest BCUT2D eigenvalue weighted by molar-refractivity contribution is 0.0547. The second kappa shape index (κ2) is 13.5. The van der Waals surface area contributed by atoms with Crippen LogP contribution in [0.25, 0.3) is 0 Å². The second-order valence-corrected chi connectivity index (χ2v) is 4.66. The summed E-state index contributed by atoms with van der Waals surface area (Å²) in [6.07, 6.45) is 15.4. The molecule has 0 radical (unpaired) electrons. The fraction of sp³-hybridized carbons (Fsp3) is 0.750. The molecule has 0 aromatic rings. The van der Waals surface area contributed by atoms with Gasteiger partial charge in [-0.25, -0.2) is 0 Å². The van der Waals surface area contributed by atoms with Crippen LogP contribution in [0, 0.1) is 0 Å². The van der Waals surface area contributed by atoms with E-state index in [9.17, 15) is 0 Å². The summed E-state index contributed by atoms with van der Waals surface area (Å²) in [7, 11) is 0. The minimum absolute atomic E-state index is 0.296. The van der Waals surface area contributed by atoms with Crippen molar-refractivity contribution >= 4 is 0 Å². The molecule has 0 aliphatic heterocycles. The lowest BCUT2D eigenvalue weighted by atomic mass is 10.1. The highest BCUT2D eigenvalue weighted by Crippen LogP contribution is 2.09. The molecule has 0 N–H and O–H groups in total. The maximum Gasteiger partial charge on any atom is 0.0643 e. The Kier molecular flexibility index (Phi) is 13.1. The van der Waals surface area contributed by atoms with Crippen molar-refractivity contribution < 1.29 is 4.74 Å². The predicted molar refractivity (Wildman–Crippen MR) is 77.4 cm³/mol. The van der Waals surface area contributed by atoms with E-state index >= 15 is 0 Å². The molecular weight excluding hydrogens is 208 g/mol. The molecule has 0 heterocycles. The van der Waals surface area contributed by atoms with Crippen LogP contribution in [0.2, 0.25) is 0 Å². The normalized spacial score (nSPS) is 10.7. The zero-order valence-corrected chi connectivity index (χ0v) is 11.6. The summed E-state index contributed by atoms with van der Waals surface area (Å²) in [5, 5.41) is 0. The lowest BCUT2D eigenvalue weighted by Crippen LogP contribution is -2.11. The Morgan fingerprint density at radius 1 is 0.882 bits per heavy atom. The first kappa shape index (κ1) is 16.4. The molecule has 0 amide bonds. The molecule has 0 bridgehead atoms. The van der Waals surface area contributed by atoms with Crippen molar-refractivity contribution in [2.24, 2.45) is 0 Å². The van der Waals surface area contributed by atoms with Gasteiger partial charge in [-0.2, -0.15) is 0 Å². The van der Waals surface area contributed by atoms with Gasteiger partial charge in [-0.1, -0.05) is 57.6 Å². The number of rotatable bonds is 13. The first-order valence-corrected chi connectivity index (χ1v) is 7.18. The molecule has 0 atom stereocenters. The van der Waals surface area contributed by atoms with E-state index in [0.717, 1.165) is 19.4 Å². The van der Waals surface area contributed by atoms with Crippen molar-refractivity contribution in [1.29, 1.82) is 0 Å². The molecule has 0 aliphatic carbocycles. The van der Waals surface area contributed by atoms with Crippen LogP contribution >= 0.6 is 0 Å². The minimum Gasteiger partial charge on any atom is -0.378 e. The van der Waals surface area contributed by atoms with Crippen molar-refractivity contribution in [1.82, 2.24) is 0 Å². The number of ether oxygens (including phenoxy) is 1. The zero-order chi connectivity index (χ0) is 12.8. The summed E-state index contributed by atoms with van der Waals surface area (Å²) in [5.74, 6) is 0. The van der Waals surface area contributed by atoms with Gasteiger partial charge in [-0.3, -0.25) is 0 Å². The molecule has 0 aromatic heterocycles. The largest absolute Gasteiger partial charge is 0.378 e. The zero-order valence-electron chi connectivity index (χ0n) is 11.6. The third kappa shape index (κ3) is 11.7. The van der Waals surface area contributed by atoms with E-state index in [4.69, 9.17) is 4.74 Å². The van der Waals surface area contributed by atoms with Gasteiger partial charge in [0, 0.05) is 6.61 Å². The van der Waals surface area contributed by atoms with E-state index in [0.29, 0.717) is 6.10 Å². The summed E-state index contributed by atoms with van der Waals surface area (Å²) >= 11 is 0. The second-order valence-electron chi connectivity index (χ2n) is 4.66. The first-order chi connectivity index (χ1) is 8.35. The van der Waals surface area contributed by atoms with Gasteiger partial charge in [0.25, 0.3) is 0 Å². The molecular formula is C16H30O. The van der Waals surface area contributed by atoms with Gasteiger partial charge in [0.1, 0.15) is 0 Å². The van der Waals surface area contributed by atoms with Crippen molar-refractivity contribution in [3.63, 3.8) is 0 Å². The van der Waals surface area contributed by atoms with Gasteiger partial charge in [0.2, 0.25) is 0 Å².